The molecule has 7 nitrogen and oxygen atoms in total. The molecule has 0 unspecified atom stereocenters. The van der Waals surface area contributed by atoms with Gasteiger partial charge < -0.3 is 19.7 Å². The van der Waals surface area contributed by atoms with Crippen LogP contribution in [0.1, 0.15) is 28.8 Å². The third-order valence-electron chi connectivity index (χ3n) is 4.77. The molecule has 2 amide bonds. The van der Waals surface area contributed by atoms with Crippen molar-refractivity contribution in [2.75, 3.05) is 25.0 Å². The second kappa shape index (κ2) is 7.75. The Hall–Kier alpha value is -2.93. The zero-order valence-electron chi connectivity index (χ0n) is 14.9. The van der Waals surface area contributed by atoms with E-state index in [2.05, 4.69) is 10.3 Å². The van der Waals surface area contributed by atoms with Crippen LogP contribution in [0.4, 0.5) is 5.69 Å². The molecule has 1 aromatic carbocycles. The van der Waals surface area contributed by atoms with E-state index in [1.54, 1.807) is 11.0 Å². The number of nitrogens with one attached hydrogen (secondary N) is 1. The molecule has 0 saturated carbocycles. The molecule has 27 heavy (non-hydrogen) atoms. The largest absolute Gasteiger partial charge is 0.466 e. The normalized spacial score (nSPS) is 17.0. The number of nitrogens with zero attached hydrogens (tertiary/aromatic N) is 2. The molecule has 1 N–H and O–H groups in total. The Labute approximate surface area is 157 Å². The van der Waals surface area contributed by atoms with Crippen LogP contribution in [0.3, 0.4) is 0 Å². The Balaban J connectivity index is 1.32. The van der Waals surface area contributed by atoms with Crippen molar-refractivity contribution in [3.05, 3.63) is 53.7 Å². The number of likely N-dealkylation sites (tertiary alicyclic amines) is 1. The average Bonchev–Trinajstić information content (AvgIpc) is 2.72. The zero-order chi connectivity index (χ0) is 18.6. The highest BCUT2D eigenvalue weighted by atomic mass is 16.5. The van der Waals surface area contributed by atoms with Crippen molar-refractivity contribution in [2.24, 2.45) is 0 Å². The minimum atomic E-state index is -0.245. The van der Waals surface area contributed by atoms with Gasteiger partial charge in [-0.2, -0.15) is 0 Å². The third-order valence-corrected chi connectivity index (χ3v) is 4.77. The summed E-state index contributed by atoms with van der Waals surface area (Å²) in [5.74, 6) is 0.0103. The molecule has 7 heteroatoms. The summed E-state index contributed by atoms with van der Waals surface area (Å²) in [7, 11) is 0. The first kappa shape index (κ1) is 17.5. The summed E-state index contributed by atoms with van der Waals surface area (Å²) in [6.45, 7) is 1.81. The molecule has 0 radical (unpaired) electrons. The first-order valence-corrected chi connectivity index (χ1v) is 9.06. The van der Waals surface area contributed by atoms with Gasteiger partial charge in [0.15, 0.2) is 6.61 Å². The highest BCUT2D eigenvalue weighted by Gasteiger charge is 2.26. The van der Waals surface area contributed by atoms with Crippen LogP contribution in [-0.2, 0) is 16.1 Å². The lowest BCUT2D eigenvalue weighted by molar-refractivity contribution is -0.118. The van der Waals surface area contributed by atoms with Crippen LogP contribution in [0.5, 0.6) is 5.88 Å². The number of carbonyl (C=O) groups is 2. The Kier molecular flexibility index (Phi) is 5.02. The van der Waals surface area contributed by atoms with E-state index < -0.39 is 0 Å². The average molecular weight is 367 g/mol. The molecule has 0 spiro atoms. The van der Waals surface area contributed by atoms with E-state index in [1.165, 1.54) is 6.20 Å². The summed E-state index contributed by atoms with van der Waals surface area (Å²) >= 11 is 0. The molecular formula is C20H21N3O4. The van der Waals surface area contributed by atoms with Crippen molar-refractivity contribution in [3.63, 3.8) is 0 Å². The fraction of sp³-hybridized carbons (Fsp3) is 0.350. The molecule has 3 heterocycles. The number of anilines is 1. The van der Waals surface area contributed by atoms with Crippen molar-refractivity contribution in [1.82, 2.24) is 9.88 Å². The van der Waals surface area contributed by atoms with Gasteiger partial charge in [0.25, 0.3) is 11.8 Å². The fourth-order valence-corrected chi connectivity index (χ4v) is 3.29. The molecule has 1 aromatic heterocycles. The summed E-state index contributed by atoms with van der Waals surface area (Å²) < 4.78 is 11.2. The number of aromatic nitrogens is 1. The number of fused-ring (bicyclic) bond motifs is 1. The number of hydrogen-bond acceptors (Lipinski definition) is 5. The van der Waals surface area contributed by atoms with Gasteiger partial charge in [0, 0.05) is 19.3 Å². The number of rotatable bonds is 4. The van der Waals surface area contributed by atoms with E-state index in [0.29, 0.717) is 36.8 Å². The topological polar surface area (TPSA) is 80.8 Å². The molecule has 1 saturated heterocycles. The predicted octanol–water partition coefficient (Wildman–Crippen LogP) is 2.23. The summed E-state index contributed by atoms with van der Waals surface area (Å²) in [5.41, 5.74) is 2.04. The molecule has 0 atom stereocenters. The second-order valence-electron chi connectivity index (χ2n) is 6.70. The van der Waals surface area contributed by atoms with Gasteiger partial charge in [0.1, 0.15) is 5.69 Å². The van der Waals surface area contributed by atoms with Crippen LogP contribution in [0.2, 0.25) is 0 Å². The Bertz CT molecular complexity index is 832. The van der Waals surface area contributed by atoms with Crippen molar-refractivity contribution in [3.8, 4) is 5.88 Å². The monoisotopic (exact) mass is 367 g/mol. The predicted molar refractivity (Wildman–Crippen MR) is 98.5 cm³/mol. The lowest BCUT2D eigenvalue weighted by Crippen LogP contribution is -2.41. The molecule has 140 valence electrons. The summed E-state index contributed by atoms with van der Waals surface area (Å²) in [6.07, 6.45) is 3.26. The standard InChI is InChI=1S/C20H21N3O4/c24-18-13-27-19-17(22-18)10-15(11-21-19)20(25)23-8-6-16(7-9-23)26-12-14-4-2-1-3-5-14/h1-5,10-11,16H,6-9,12-13H2,(H,22,24). The molecule has 1 fully saturated rings. The van der Waals surface area contributed by atoms with Crippen LogP contribution in [-0.4, -0.2) is 47.5 Å². The minimum Gasteiger partial charge on any atom is -0.466 e. The van der Waals surface area contributed by atoms with Crippen molar-refractivity contribution >= 4 is 17.5 Å². The maximum Gasteiger partial charge on any atom is 0.262 e. The van der Waals surface area contributed by atoms with E-state index in [0.717, 1.165) is 18.4 Å². The van der Waals surface area contributed by atoms with Gasteiger partial charge in [-0.1, -0.05) is 30.3 Å². The molecule has 2 aliphatic heterocycles. The maximum absolute atomic E-state index is 12.7. The van der Waals surface area contributed by atoms with Crippen molar-refractivity contribution in [1.29, 1.82) is 0 Å². The summed E-state index contributed by atoms with van der Waals surface area (Å²) in [6, 6.07) is 11.7. The van der Waals surface area contributed by atoms with Crippen LogP contribution < -0.4 is 10.1 Å². The zero-order valence-corrected chi connectivity index (χ0v) is 14.9. The number of benzene rings is 1. The van der Waals surface area contributed by atoms with Gasteiger partial charge in [-0.05, 0) is 24.5 Å². The van der Waals surface area contributed by atoms with E-state index in [9.17, 15) is 9.59 Å². The minimum absolute atomic E-state index is 0.0518. The number of pyridine rings is 1. The number of ether oxygens (including phenoxy) is 2. The molecule has 2 aliphatic rings. The first-order valence-electron chi connectivity index (χ1n) is 9.06. The quantitative estimate of drug-likeness (QED) is 0.896. The van der Waals surface area contributed by atoms with Crippen LogP contribution >= 0.6 is 0 Å². The van der Waals surface area contributed by atoms with E-state index in [1.807, 2.05) is 30.3 Å². The highest BCUT2D eigenvalue weighted by molar-refractivity contribution is 5.99. The number of piperidine rings is 1. The summed E-state index contributed by atoms with van der Waals surface area (Å²) in [5, 5.41) is 2.68. The highest BCUT2D eigenvalue weighted by Crippen LogP contribution is 2.26. The SMILES string of the molecule is O=C1COc2ncc(C(=O)N3CCC(OCc4ccccc4)CC3)cc2N1. The number of amides is 2. The van der Waals surface area contributed by atoms with Crippen LogP contribution in [0, 0.1) is 0 Å². The van der Waals surface area contributed by atoms with Gasteiger partial charge in [-0.15, -0.1) is 0 Å². The van der Waals surface area contributed by atoms with Crippen LogP contribution in [0.15, 0.2) is 42.6 Å². The Morgan fingerprint density at radius 2 is 2.04 bits per heavy atom. The van der Waals surface area contributed by atoms with Gasteiger partial charge in [0.2, 0.25) is 5.88 Å². The van der Waals surface area contributed by atoms with E-state index >= 15 is 0 Å². The first-order chi connectivity index (χ1) is 13.2. The van der Waals surface area contributed by atoms with Gasteiger partial charge in [0.05, 0.1) is 18.3 Å². The molecule has 2 aromatic rings. The van der Waals surface area contributed by atoms with Crippen molar-refractivity contribution < 1.29 is 19.1 Å². The Morgan fingerprint density at radius 3 is 2.81 bits per heavy atom. The lowest BCUT2D eigenvalue weighted by Gasteiger charge is -2.32. The van der Waals surface area contributed by atoms with Gasteiger partial charge in [-0.25, -0.2) is 4.98 Å². The lowest BCUT2D eigenvalue weighted by atomic mass is 10.1. The third kappa shape index (κ3) is 4.09. The van der Waals surface area contributed by atoms with Gasteiger partial charge >= 0.3 is 0 Å². The fourth-order valence-electron chi connectivity index (χ4n) is 3.29. The van der Waals surface area contributed by atoms with E-state index in [-0.39, 0.29) is 24.5 Å². The summed E-state index contributed by atoms with van der Waals surface area (Å²) in [4.78, 5) is 30.1. The second-order valence-corrected chi connectivity index (χ2v) is 6.70. The molecule has 0 bridgehead atoms. The smallest absolute Gasteiger partial charge is 0.262 e. The van der Waals surface area contributed by atoms with Crippen LogP contribution in [0.25, 0.3) is 0 Å². The molecular weight excluding hydrogens is 346 g/mol. The maximum atomic E-state index is 12.7. The molecule has 4 rings (SSSR count). The Morgan fingerprint density at radius 1 is 1.26 bits per heavy atom. The van der Waals surface area contributed by atoms with E-state index in [4.69, 9.17) is 9.47 Å². The number of carbonyl (C=O) groups excluding carboxylic acids is 2. The van der Waals surface area contributed by atoms with Crippen molar-refractivity contribution in [2.45, 2.75) is 25.6 Å². The van der Waals surface area contributed by atoms with Gasteiger partial charge in [-0.3, -0.25) is 9.59 Å². The molecule has 0 aliphatic carbocycles. The number of hydrogen-bond donors (Lipinski definition) is 1.